The molecule has 40 heavy (non-hydrogen) atoms. The molecule has 4 nitrogen and oxygen atoms in total. The maximum Gasteiger partial charge on any atom is 0.426 e. The number of aromatic hydroxyl groups is 1. The lowest BCUT2D eigenvalue weighted by Crippen LogP contribution is -2.47. The van der Waals surface area contributed by atoms with E-state index in [0.29, 0.717) is 0 Å². The molecule has 1 aromatic heterocycles. The van der Waals surface area contributed by atoms with Crippen LogP contribution >= 0.6 is 11.3 Å². The summed E-state index contributed by atoms with van der Waals surface area (Å²) in [5.41, 5.74) is 4.00. The van der Waals surface area contributed by atoms with Gasteiger partial charge >= 0.3 is 6.92 Å². The number of para-hydroxylation sites is 2. The van der Waals surface area contributed by atoms with Gasteiger partial charge in [-0.25, -0.2) is 4.98 Å². The van der Waals surface area contributed by atoms with Gasteiger partial charge in [-0.15, -0.1) is 11.3 Å². The lowest BCUT2D eigenvalue weighted by molar-refractivity contribution is 0.415. The third-order valence-electron chi connectivity index (χ3n) is 7.18. The fourth-order valence-electron chi connectivity index (χ4n) is 5.14. The molecule has 0 unspecified atom stereocenters. The lowest BCUT2D eigenvalue weighted by atomic mass is 9.55. The molecule has 1 N–H and O–H groups in total. The van der Waals surface area contributed by atoms with Gasteiger partial charge in [0.05, 0.1) is 22.9 Å². The Morgan fingerprint density at radius 3 is 2.10 bits per heavy atom. The van der Waals surface area contributed by atoms with Gasteiger partial charge in [0.25, 0.3) is 0 Å². The summed E-state index contributed by atoms with van der Waals surface area (Å²) < 4.78 is 13.5. The van der Waals surface area contributed by atoms with Gasteiger partial charge in [-0.05, 0) is 81.0 Å². The zero-order chi connectivity index (χ0) is 27.1. The second kappa shape index (κ2) is 10.1. The molecule has 7 aromatic rings. The summed E-state index contributed by atoms with van der Waals surface area (Å²) in [6.07, 6.45) is 0. The van der Waals surface area contributed by atoms with Gasteiger partial charge in [-0.3, -0.25) is 0 Å². The van der Waals surface area contributed by atoms with Gasteiger partial charge in [0.15, 0.2) is 0 Å². The zero-order valence-electron chi connectivity index (χ0n) is 21.7. The molecule has 6 aromatic carbocycles. The van der Waals surface area contributed by atoms with Crippen molar-refractivity contribution in [1.29, 1.82) is 0 Å². The fourth-order valence-corrected chi connectivity index (χ4v) is 6.13. The minimum atomic E-state index is -0.375. The number of thiazole rings is 1. The minimum Gasteiger partial charge on any atom is -0.551 e. The Hall–Kier alpha value is -4.81. The second-order valence-corrected chi connectivity index (χ2v) is 10.8. The van der Waals surface area contributed by atoms with E-state index in [0.717, 1.165) is 64.8 Å². The van der Waals surface area contributed by atoms with E-state index in [1.54, 1.807) is 30.6 Å². The Labute approximate surface area is 236 Å². The van der Waals surface area contributed by atoms with Crippen molar-refractivity contribution in [1.82, 2.24) is 4.98 Å². The smallest absolute Gasteiger partial charge is 0.426 e. The molecule has 6 heteroatoms. The molecule has 1 heterocycles. The van der Waals surface area contributed by atoms with Crippen molar-refractivity contribution in [2.45, 2.75) is 0 Å². The molecule has 0 aliphatic rings. The van der Waals surface area contributed by atoms with Crippen LogP contribution in [0.15, 0.2) is 121 Å². The number of methoxy groups -OCH3 is 1. The monoisotopic (exact) mass is 537 g/mol. The van der Waals surface area contributed by atoms with E-state index in [9.17, 15) is 5.11 Å². The summed E-state index contributed by atoms with van der Waals surface area (Å²) in [6, 6.07) is 40.5. The zero-order valence-corrected chi connectivity index (χ0v) is 22.6. The average molecular weight is 537 g/mol. The number of fused-ring (bicyclic) bond motifs is 3. The number of aromatic nitrogens is 1. The summed E-state index contributed by atoms with van der Waals surface area (Å²) >= 11 is 1.67. The number of rotatable bonds is 6. The van der Waals surface area contributed by atoms with Crippen molar-refractivity contribution in [2.75, 3.05) is 7.11 Å². The molecule has 0 saturated heterocycles. The first-order chi connectivity index (χ1) is 19.6. The predicted molar refractivity (Wildman–Crippen MR) is 167 cm³/mol. The van der Waals surface area contributed by atoms with Crippen LogP contribution < -0.4 is 20.3 Å². The summed E-state index contributed by atoms with van der Waals surface area (Å²) in [6.45, 7) is -0.375. The highest BCUT2D eigenvalue weighted by molar-refractivity contribution is 7.21. The Kier molecular flexibility index (Phi) is 6.10. The number of benzene rings is 6. The first-order valence-electron chi connectivity index (χ1n) is 13.1. The summed E-state index contributed by atoms with van der Waals surface area (Å²) in [4.78, 5) is 4.91. The second-order valence-electron chi connectivity index (χ2n) is 9.74. The van der Waals surface area contributed by atoms with Gasteiger partial charge in [0, 0.05) is 0 Å². The first-order valence-corrected chi connectivity index (χ1v) is 13.9. The number of phenols is 1. The normalized spacial score (nSPS) is 11.2. The van der Waals surface area contributed by atoms with Crippen LogP contribution in [0, 0.1) is 0 Å². The van der Waals surface area contributed by atoms with E-state index >= 15 is 0 Å². The topological polar surface area (TPSA) is 51.6 Å². The van der Waals surface area contributed by atoms with E-state index in [1.807, 2.05) is 60.7 Å². The van der Waals surface area contributed by atoms with Crippen molar-refractivity contribution in [3.63, 3.8) is 0 Å². The van der Waals surface area contributed by atoms with Crippen molar-refractivity contribution in [3.8, 4) is 27.8 Å². The van der Waals surface area contributed by atoms with Crippen LogP contribution in [0.4, 0.5) is 0 Å². The van der Waals surface area contributed by atoms with E-state index < -0.39 is 0 Å². The number of ether oxygens (including phenoxy) is 1. The van der Waals surface area contributed by atoms with Crippen LogP contribution in [0.1, 0.15) is 0 Å². The van der Waals surface area contributed by atoms with Gasteiger partial charge in [0.1, 0.15) is 22.3 Å². The van der Waals surface area contributed by atoms with E-state index in [-0.39, 0.29) is 12.7 Å². The van der Waals surface area contributed by atoms with Gasteiger partial charge in [-0.2, -0.15) is 0 Å². The highest BCUT2D eigenvalue weighted by Gasteiger charge is 2.26. The number of nitrogens with zero attached hydrogens (tertiary/aromatic N) is 1. The molecule has 0 radical (unpaired) electrons. The molecule has 0 bridgehead atoms. The van der Waals surface area contributed by atoms with Gasteiger partial charge in [0.2, 0.25) is 0 Å². The van der Waals surface area contributed by atoms with Gasteiger partial charge < -0.3 is 14.5 Å². The van der Waals surface area contributed by atoms with Crippen molar-refractivity contribution in [3.05, 3.63) is 121 Å². The number of phenolic OH excluding ortho intramolecular Hbond substituents is 1. The Balaban J connectivity index is 1.36. The Morgan fingerprint density at radius 1 is 0.675 bits per heavy atom. The Morgan fingerprint density at radius 2 is 1.32 bits per heavy atom. The van der Waals surface area contributed by atoms with Crippen LogP contribution in [0.25, 0.3) is 42.3 Å². The molecule has 0 fully saturated rings. The van der Waals surface area contributed by atoms with Crippen LogP contribution in [0.5, 0.6) is 17.2 Å². The molecule has 0 atom stereocenters. The molecular formula is C34H24BNO3S. The Bertz CT molecular complexity index is 1990. The van der Waals surface area contributed by atoms with E-state index in [4.69, 9.17) is 14.4 Å². The SMILES string of the molecule is COc1ccc2cc(B(Oc3ccccc3-c3nc4ccccc4s3)c3ccc4cc(O)ccc4c3)ccc2c1. The molecular weight excluding hydrogens is 513 g/mol. The summed E-state index contributed by atoms with van der Waals surface area (Å²) in [5.74, 6) is 1.85. The highest BCUT2D eigenvalue weighted by atomic mass is 32.1. The van der Waals surface area contributed by atoms with Crippen LogP contribution in [0.2, 0.25) is 0 Å². The predicted octanol–water partition coefficient (Wildman–Crippen LogP) is 7.17. The van der Waals surface area contributed by atoms with E-state index in [1.165, 1.54) is 0 Å². The molecule has 192 valence electrons. The van der Waals surface area contributed by atoms with Crippen molar-refractivity contribution >= 4 is 60.9 Å². The number of hydrogen-bond acceptors (Lipinski definition) is 5. The highest BCUT2D eigenvalue weighted by Crippen LogP contribution is 2.36. The number of hydrogen-bond donors (Lipinski definition) is 1. The third-order valence-corrected chi connectivity index (χ3v) is 8.25. The van der Waals surface area contributed by atoms with Crippen LogP contribution in [0.3, 0.4) is 0 Å². The molecule has 0 amide bonds. The summed E-state index contributed by atoms with van der Waals surface area (Å²) in [7, 11) is 1.68. The average Bonchev–Trinajstić information content (AvgIpc) is 3.43. The largest absolute Gasteiger partial charge is 0.551 e. The molecule has 0 saturated carbocycles. The van der Waals surface area contributed by atoms with Crippen LogP contribution in [-0.2, 0) is 0 Å². The van der Waals surface area contributed by atoms with Crippen molar-refractivity contribution < 1.29 is 14.5 Å². The first kappa shape index (κ1) is 24.3. The summed E-state index contributed by atoms with van der Waals surface area (Å²) in [5, 5.41) is 15.1. The van der Waals surface area contributed by atoms with Crippen LogP contribution in [-0.4, -0.2) is 24.1 Å². The van der Waals surface area contributed by atoms with E-state index in [2.05, 4.69) is 48.5 Å². The van der Waals surface area contributed by atoms with Gasteiger partial charge in [-0.1, -0.05) is 72.8 Å². The van der Waals surface area contributed by atoms with Crippen molar-refractivity contribution in [2.24, 2.45) is 0 Å². The maximum absolute atomic E-state index is 9.97. The lowest BCUT2D eigenvalue weighted by Gasteiger charge is -2.20. The standard InChI is InChI=1S/C34H24BNO3S/c1-38-29-17-13-23-19-27(15-11-25(23)21-29)35(26-14-10-24-20-28(37)16-12-22(24)18-26)39-32-8-4-2-6-30(32)34-36-31-7-3-5-9-33(31)40-34/h2-21,37H,1H3. The third kappa shape index (κ3) is 4.53. The fraction of sp³-hybridized carbons (Fsp3) is 0.0294. The molecule has 0 aliphatic carbocycles. The quantitative estimate of drug-likeness (QED) is 0.229. The molecule has 0 spiro atoms. The minimum absolute atomic E-state index is 0.253. The maximum atomic E-state index is 9.97. The molecule has 7 rings (SSSR count). The molecule has 0 aliphatic heterocycles.